The van der Waals surface area contributed by atoms with E-state index in [0.29, 0.717) is 12.2 Å². The summed E-state index contributed by atoms with van der Waals surface area (Å²) in [5, 5.41) is 10.6. The van der Waals surface area contributed by atoms with Crippen LogP contribution < -0.4 is 0 Å². The Hall–Kier alpha value is -0.830. The van der Waals surface area contributed by atoms with Gasteiger partial charge in [-0.1, -0.05) is 13.0 Å². The minimum Gasteiger partial charge on any atom is -0.392 e. The van der Waals surface area contributed by atoms with Crippen molar-refractivity contribution >= 4 is 5.78 Å². The molecule has 1 spiro atoms. The number of ketones is 1. The summed E-state index contributed by atoms with van der Waals surface area (Å²) < 4.78 is 0. The van der Waals surface area contributed by atoms with Gasteiger partial charge in [0.25, 0.3) is 0 Å². The molecule has 3 nitrogen and oxygen atoms in total. The lowest BCUT2D eigenvalue weighted by molar-refractivity contribution is -0.122. The van der Waals surface area contributed by atoms with Crippen molar-refractivity contribution in [3.8, 4) is 0 Å². The number of Topliss-reactive ketones (excluding diaryl/α,β-unsaturated/α-hetero) is 1. The van der Waals surface area contributed by atoms with Gasteiger partial charge in [-0.2, -0.15) is 0 Å². The van der Waals surface area contributed by atoms with Crippen molar-refractivity contribution in [2.75, 3.05) is 13.1 Å². The van der Waals surface area contributed by atoms with Crippen LogP contribution in [-0.4, -0.2) is 35.0 Å². The lowest BCUT2D eigenvalue weighted by atomic mass is 9.58. The second kappa shape index (κ2) is 3.85. The summed E-state index contributed by atoms with van der Waals surface area (Å²) in [6, 6.07) is 0. The molecular formula is C16H23NO2. The predicted molar refractivity (Wildman–Crippen MR) is 72.3 cm³/mol. The standard InChI is InChI=1S/C16H23NO2/c1-10-8-14-16-5-3-7-17(14)6-2-4-11(16)13(18)9-12(16)15(10)19/h8,10-12,15,19H,2-7,9H2,1H3/t10-,11+,12+,15+,16+/m0/s1. The van der Waals surface area contributed by atoms with Crippen molar-refractivity contribution in [3.63, 3.8) is 0 Å². The average molecular weight is 261 g/mol. The first-order chi connectivity index (χ1) is 9.14. The third kappa shape index (κ3) is 1.35. The molecule has 1 N–H and O–H groups in total. The third-order valence-corrected chi connectivity index (χ3v) is 6.22. The Morgan fingerprint density at radius 2 is 2.16 bits per heavy atom. The maximum Gasteiger partial charge on any atom is 0.137 e. The zero-order valence-electron chi connectivity index (χ0n) is 11.6. The van der Waals surface area contributed by atoms with Gasteiger partial charge in [0.1, 0.15) is 5.78 Å². The van der Waals surface area contributed by atoms with Gasteiger partial charge in [0, 0.05) is 48.4 Å². The molecule has 104 valence electrons. The second-order valence-electron chi connectivity index (χ2n) is 7.00. The summed E-state index contributed by atoms with van der Waals surface area (Å²) in [6.07, 6.45) is 7.03. The minimum atomic E-state index is -0.323. The van der Waals surface area contributed by atoms with Gasteiger partial charge >= 0.3 is 0 Å². The van der Waals surface area contributed by atoms with E-state index in [1.807, 2.05) is 0 Å². The van der Waals surface area contributed by atoms with Crippen LogP contribution in [0.25, 0.3) is 0 Å². The quantitative estimate of drug-likeness (QED) is 0.724. The molecule has 4 aliphatic rings. The van der Waals surface area contributed by atoms with Crippen molar-refractivity contribution in [2.45, 2.75) is 45.1 Å². The molecule has 5 atom stereocenters. The van der Waals surface area contributed by atoms with Crippen LogP contribution in [0.1, 0.15) is 39.0 Å². The fraction of sp³-hybridized carbons (Fsp3) is 0.812. The molecule has 3 fully saturated rings. The first-order valence-electron chi connectivity index (χ1n) is 7.82. The molecule has 0 aromatic heterocycles. The Morgan fingerprint density at radius 3 is 3.00 bits per heavy atom. The molecule has 0 unspecified atom stereocenters. The van der Waals surface area contributed by atoms with E-state index in [1.165, 1.54) is 12.1 Å². The maximum atomic E-state index is 12.5. The molecule has 4 rings (SSSR count). The van der Waals surface area contributed by atoms with Crippen LogP contribution in [0.5, 0.6) is 0 Å². The zero-order chi connectivity index (χ0) is 13.2. The highest BCUT2D eigenvalue weighted by Gasteiger charge is 2.62. The van der Waals surface area contributed by atoms with E-state index in [-0.39, 0.29) is 29.3 Å². The van der Waals surface area contributed by atoms with Gasteiger partial charge in [0.2, 0.25) is 0 Å². The van der Waals surface area contributed by atoms with E-state index in [9.17, 15) is 9.90 Å². The smallest absolute Gasteiger partial charge is 0.137 e. The number of rotatable bonds is 0. The summed E-state index contributed by atoms with van der Waals surface area (Å²) in [4.78, 5) is 15.0. The van der Waals surface area contributed by atoms with Gasteiger partial charge in [-0.15, -0.1) is 0 Å². The Bertz CT molecular complexity index is 458. The van der Waals surface area contributed by atoms with Crippen LogP contribution in [0.15, 0.2) is 11.8 Å². The van der Waals surface area contributed by atoms with Gasteiger partial charge in [-0.25, -0.2) is 0 Å². The van der Waals surface area contributed by atoms with E-state index < -0.39 is 0 Å². The van der Waals surface area contributed by atoms with Crippen LogP contribution in [-0.2, 0) is 4.79 Å². The number of carbonyl (C=O) groups is 1. The molecule has 2 bridgehead atoms. The van der Waals surface area contributed by atoms with E-state index in [4.69, 9.17) is 0 Å². The fourth-order valence-electron chi connectivity index (χ4n) is 5.46. The maximum absolute atomic E-state index is 12.5. The van der Waals surface area contributed by atoms with Crippen LogP contribution >= 0.6 is 0 Å². The number of aliphatic hydroxyl groups is 1. The Labute approximate surface area is 114 Å². The SMILES string of the molecule is C[C@H]1C=C2N3CCC[C@@H]4C(=O)C[C@H]([C@@H]1O)[C@]24CCC3. The number of hydrogen-bond acceptors (Lipinski definition) is 3. The van der Waals surface area contributed by atoms with Crippen molar-refractivity contribution in [1.82, 2.24) is 4.90 Å². The number of aliphatic hydroxyl groups excluding tert-OH is 1. The first-order valence-corrected chi connectivity index (χ1v) is 7.82. The van der Waals surface area contributed by atoms with E-state index in [2.05, 4.69) is 17.9 Å². The number of nitrogens with zero attached hydrogens (tertiary/aromatic N) is 1. The molecular weight excluding hydrogens is 238 g/mol. The van der Waals surface area contributed by atoms with Crippen molar-refractivity contribution in [1.29, 1.82) is 0 Å². The van der Waals surface area contributed by atoms with Crippen molar-refractivity contribution < 1.29 is 9.90 Å². The van der Waals surface area contributed by atoms with Crippen LogP contribution in [0.3, 0.4) is 0 Å². The minimum absolute atomic E-state index is 0.00222. The first kappa shape index (κ1) is 12.0. The third-order valence-electron chi connectivity index (χ3n) is 6.22. The summed E-state index contributed by atoms with van der Waals surface area (Å²) >= 11 is 0. The number of piperidine rings is 1. The molecule has 0 aromatic rings. The molecule has 1 saturated carbocycles. The Morgan fingerprint density at radius 1 is 1.37 bits per heavy atom. The van der Waals surface area contributed by atoms with E-state index >= 15 is 0 Å². The number of carbonyl (C=O) groups excluding carboxylic acids is 1. The lowest BCUT2D eigenvalue weighted by Gasteiger charge is -2.52. The highest BCUT2D eigenvalue weighted by Crippen LogP contribution is 2.62. The Kier molecular flexibility index (Phi) is 2.42. The largest absolute Gasteiger partial charge is 0.392 e. The van der Waals surface area contributed by atoms with Crippen LogP contribution in [0.4, 0.5) is 0 Å². The number of hydrogen-bond donors (Lipinski definition) is 1. The molecule has 3 heteroatoms. The molecule has 0 amide bonds. The molecule has 2 heterocycles. The van der Waals surface area contributed by atoms with Gasteiger partial charge in [-0.05, 0) is 25.7 Å². The topological polar surface area (TPSA) is 40.5 Å². The lowest BCUT2D eigenvalue weighted by Crippen LogP contribution is -2.52. The molecule has 19 heavy (non-hydrogen) atoms. The highest BCUT2D eigenvalue weighted by molar-refractivity contribution is 5.86. The number of allylic oxidation sites excluding steroid dienone is 1. The molecule has 2 saturated heterocycles. The highest BCUT2D eigenvalue weighted by atomic mass is 16.3. The Balaban J connectivity index is 1.92. The molecule has 0 radical (unpaired) electrons. The van der Waals surface area contributed by atoms with Gasteiger partial charge in [0.05, 0.1) is 6.10 Å². The summed E-state index contributed by atoms with van der Waals surface area (Å²) in [7, 11) is 0. The van der Waals surface area contributed by atoms with Gasteiger partial charge in [-0.3, -0.25) is 4.79 Å². The van der Waals surface area contributed by atoms with Gasteiger partial charge < -0.3 is 10.0 Å². The van der Waals surface area contributed by atoms with Crippen LogP contribution in [0.2, 0.25) is 0 Å². The second-order valence-corrected chi connectivity index (χ2v) is 7.00. The summed E-state index contributed by atoms with van der Waals surface area (Å²) in [5.41, 5.74) is 1.42. The molecule has 0 aromatic carbocycles. The van der Waals surface area contributed by atoms with Gasteiger partial charge in [0.15, 0.2) is 0 Å². The van der Waals surface area contributed by atoms with E-state index in [1.54, 1.807) is 0 Å². The molecule has 2 aliphatic heterocycles. The van der Waals surface area contributed by atoms with Crippen molar-refractivity contribution in [2.24, 2.45) is 23.2 Å². The summed E-state index contributed by atoms with van der Waals surface area (Å²) in [6.45, 7) is 4.35. The fourth-order valence-corrected chi connectivity index (χ4v) is 5.46. The zero-order valence-corrected chi connectivity index (χ0v) is 11.6. The monoisotopic (exact) mass is 261 g/mol. The van der Waals surface area contributed by atoms with Crippen molar-refractivity contribution in [3.05, 3.63) is 11.8 Å². The normalized spacial score (nSPS) is 48.6. The molecule has 2 aliphatic carbocycles. The average Bonchev–Trinajstić information content (AvgIpc) is 2.62. The van der Waals surface area contributed by atoms with E-state index in [0.717, 1.165) is 32.4 Å². The summed E-state index contributed by atoms with van der Waals surface area (Å²) in [5.74, 6) is 0.989. The predicted octanol–water partition coefficient (Wildman–Crippen LogP) is 1.96. The van der Waals surface area contributed by atoms with Crippen LogP contribution in [0, 0.1) is 23.2 Å².